The minimum absolute atomic E-state index is 0.0122. The van der Waals surface area contributed by atoms with E-state index in [-0.39, 0.29) is 17.9 Å². The molecule has 0 spiro atoms. The topological polar surface area (TPSA) is 93.0 Å². The van der Waals surface area contributed by atoms with Crippen molar-refractivity contribution in [3.63, 3.8) is 0 Å². The van der Waals surface area contributed by atoms with Gasteiger partial charge in [-0.25, -0.2) is 4.68 Å². The summed E-state index contributed by atoms with van der Waals surface area (Å²) in [6.45, 7) is 5.94. The first-order chi connectivity index (χ1) is 12.6. The second kappa shape index (κ2) is 8.39. The summed E-state index contributed by atoms with van der Waals surface area (Å²) in [5.74, 6) is -0.0471. The first-order valence-corrected chi connectivity index (χ1v) is 9.88. The number of thiazole rings is 1. The number of amides is 2. The third-order valence-electron chi connectivity index (χ3n) is 4.64. The van der Waals surface area contributed by atoms with E-state index in [4.69, 9.17) is 0 Å². The molecule has 26 heavy (non-hydrogen) atoms. The number of carbonyl (C=O) groups excluding carboxylic acids is 2. The Bertz CT molecular complexity index is 749. The number of hydrogen-bond donors (Lipinski definition) is 1. The van der Waals surface area contributed by atoms with E-state index in [9.17, 15) is 9.59 Å². The molecule has 3 rings (SSSR count). The summed E-state index contributed by atoms with van der Waals surface area (Å²) in [7, 11) is 0. The van der Waals surface area contributed by atoms with Gasteiger partial charge in [-0.05, 0) is 26.2 Å². The lowest BCUT2D eigenvalue weighted by atomic mass is 10.0. The third-order valence-corrected chi connectivity index (χ3v) is 5.42. The van der Waals surface area contributed by atoms with E-state index in [1.807, 2.05) is 18.7 Å². The second-order valence-corrected chi connectivity index (χ2v) is 7.30. The molecule has 1 fully saturated rings. The Hall–Kier alpha value is -2.29. The van der Waals surface area contributed by atoms with Crippen LogP contribution in [0.25, 0.3) is 0 Å². The van der Waals surface area contributed by atoms with Gasteiger partial charge in [0.2, 0.25) is 5.91 Å². The lowest BCUT2D eigenvalue weighted by Gasteiger charge is -2.32. The molecule has 0 bridgehead atoms. The number of aryl methyl sites for hydroxylation is 1. The molecule has 1 saturated heterocycles. The van der Waals surface area contributed by atoms with Crippen molar-refractivity contribution in [3.8, 4) is 0 Å². The summed E-state index contributed by atoms with van der Waals surface area (Å²) in [5.41, 5.74) is 3.07. The summed E-state index contributed by atoms with van der Waals surface area (Å²) < 4.78 is 1.78. The van der Waals surface area contributed by atoms with Crippen molar-refractivity contribution in [3.05, 3.63) is 28.0 Å². The molecule has 1 N–H and O–H groups in total. The highest BCUT2D eigenvalue weighted by molar-refractivity contribution is 7.09. The van der Waals surface area contributed by atoms with Crippen molar-refractivity contribution in [2.75, 3.05) is 13.1 Å². The molecule has 0 unspecified atom stereocenters. The number of carbonyl (C=O) groups is 2. The zero-order valence-corrected chi connectivity index (χ0v) is 16.0. The third kappa shape index (κ3) is 4.09. The Morgan fingerprint density at radius 1 is 1.31 bits per heavy atom. The number of hydrogen-bond acceptors (Lipinski definition) is 6. The van der Waals surface area contributed by atoms with Crippen molar-refractivity contribution in [1.29, 1.82) is 0 Å². The summed E-state index contributed by atoms with van der Waals surface area (Å²) in [6, 6.07) is 0.108. The number of nitrogens with zero attached hydrogens (tertiary/aromatic N) is 5. The molecule has 8 nitrogen and oxygen atoms in total. The zero-order chi connectivity index (χ0) is 18.5. The summed E-state index contributed by atoms with van der Waals surface area (Å²) in [6.07, 6.45) is 4.32. The molecule has 3 heterocycles. The largest absolute Gasteiger partial charge is 0.353 e. The van der Waals surface area contributed by atoms with Gasteiger partial charge in [-0.2, -0.15) is 0 Å². The van der Waals surface area contributed by atoms with E-state index in [1.165, 1.54) is 11.3 Å². The number of aromatic nitrogens is 4. The summed E-state index contributed by atoms with van der Waals surface area (Å²) in [4.78, 5) is 31.6. The molecular weight excluding hydrogens is 352 g/mol. The molecule has 2 amide bonds. The SMILES string of the molecule is CCc1c(C(=O)N2CCC(NC(=O)Cc3cncs3)CC2)nnn1CC. The first kappa shape index (κ1) is 18.5. The molecular formula is C17H24N6O2S. The highest BCUT2D eigenvalue weighted by Gasteiger charge is 2.28. The highest BCUT2D eigenvalue weighted by atomic mass is 32.1. The van der Waals surface area contributed by atoms with E-state index in [0.29, 0.717) is 31.7 Å². The Morgan fingerprint density at radius 2 is 2.08 bits per heavy atom. The molecule has 0 aliphatic carbocycles. The minimum Gasteiger partial charge on any atom is -0.353 e. The zero-order valence-electron chi connectivity index (χ0n) is 15.1. The molecule has 1 aliphatic heterocycles. The molecule has 1 aliphatic rings. The Balaban J connectivity index is 1.52. The van der Waals surface area contributed by atoms with Gasteiger partial charge < -0.3 is 10.2 Å². The van der Waals surface area contributed by atoms with Gasteiger partial charge >= 0.3 is 0 Å². The van der Waals surface area contributed by atoms with Crippen molar-refractivity contribution in [1.82, 2.24) is 30.2 Å². The van der Waals surface area contributed by atoms with Crippen LogP contribution in [0.3, 0.4) is 0 Å². The maximum absolute atomic E-state index is 12.8. The Morgan fingerprint density at radius 3 is 2.69 bits per heavy atom. The van der Waals surface area contributed by atoms with Gasteiger partial charge in [0.1, 0.15) is 0 Å². The maximum atomic E-state index is 12.8. The van der Waals surface area contributed by atoms with Crippen LogP contribution in [-0.2, 0) is 24.2 Å². The molecule has 2 aromatic rings. The molecule has 2 aromatic heterocycles. The van der Waals surface area contributed by atoms with Crippen LogP contribution >= 0.6 is 11.3 Å². The maximum Gasteiger partial charge on any atom is 0.276 e. The lowest BCUT2D eigenvalue weighted by molar-refractivity contribution is -0.121. The van der Waals surface area contributed by atoms with Crippen molar-refractivity contribution < 1.29 is 9.59 Å². The summed E-state index contributed by atoms with van der Waals surface area (Å²) in [5, 5.41) is 11.2. The molecule has 0 aromatic carbocycles. The average molecular weight is 376 g/mol. The summed E-state index contributed by atoms with van der Waals surface area (Å²) >= 11 is 1.48. The fourth-order valence-corrected chi connectivity index (χ4v) is 3.84. The van der Waals surface area contributed by atoms with Crippen LogP contribution in [0.2, 0.25) is 0 Å². The number of piperidine rings is 1. The van der Waals surface area contributed by atoms with Crippen LogP contribution < -0.4 is 5.32 Å². The van der Waals surface area contributed by atoms with E-state index < -0.39 is 0 Å². The fourth-order valence-electron chi connectivity index (χ4n) is 3.25. The van der Waals surface area contributed by atoms with Crippen molar-refractivity contribution in [2.24, 2.45) is 0 Å². The van der Waals surface area contributed by atoms with Gasteiger partial charge in [0.05, 0.1) is 17.6 Å². The van der Waals surface area contributed by atoms with Crippen LogP contribution in [-0.4, -0.2) is 55.8 Å². The van der Waals surface area contributed by atoms with Gasteiger partial charge in [-0.3, -0.25) is 14.6 Å². The Kier molecular flexibility index (Phi) is 5.97. The Labute approximate surface area is 156 Å². The molecule has 9 heteroatoms. The predicted octanol–water partition coefficient (Wildman–Crippen LogP) is 1.28. The van der Waals surface area contributed by atoms with Gasteiger partial charge in [0, 0.05) is 36.8 Å². The van der Waals surface area contributed by atoms with E-state index in [0.717, 1.165) is 29.8 Å². The molecule has 0 atom stereocenters. The fraction of sp³-hybridized carbons (Fsp3) is 0.588. The molecule has 0 saturated carbocycles. The van der Waals surface area contributed by atoms with E-state index in [2.05, 4.69) is 20.6 Å². The van der Waals surface area contributed by atoms with Crippen LogP contribution in [0, 0.1) is 0 Å². The molecule has 0 radical (unpaired) electrons. The number of likely N-dealkylation sites (tertiary alicyclic amines) is 1. The first-order valence-electron chi connectivity index (χ1n) is 9.00. The standard InChI is InChI=1S/C17H24N6O2S/c1-3-14-16(20-21-23(14)4-2)17(25)22-7-5-12(6-8-22)19-15(24)9-13-10-18-11-26-13/h10-12H,3-9H2,1-2H3,(H,19,24). The minimum atomic E-state index is -0.0593. The van der Waals surface area contributed by atoms with Crippen LogP contribution in [0.15, 0.2) is 11.7 Å². The number of nitrogens with one attached hydrogen (secondary N) is 1. The van der Waals surface area contributed by atoms with Gasteiger partial charge in [-0.1, -0.05) is 12.1 Å². The van der Waals surface area contributed by atoms with Crippen LogP contribution in [0.4, 0.5) is 0 Å². The van der Waals surface area contributed by atoms with Crippen LogP contribution in [0.5, 0.6) is 0 Å². The quantitative estimate of drug-likeness (QED) is 0.820. The predicted molar refractivity (Wildman–Crippen MR) is 98.0 cm³/mol. The smallest absolute Gasteiger partial charge is 0.276 e. The normalized spacial score (nSPS) is 15.2. The monoisotopic (exact) mass is 376 g/mol. The van der Waals surface area contributed by atoms with E-state index in [1.54, 1.807) is 16.4 Å². The lowest BCUT2D eigenvalue weighted by Crippen LogP contribution is -2.47. The van der Waals surface area contributed by atoms with E-state index >= 15 is 0 Å². The van der Waals surface area contributed by atoms with Gasteiger partial charge in [0.25, 0.3) is 5.91 Å². The van der Waals surface area contributed by atoms with Gasteiger partial charge in [-0.15, -0.1) is 16.4 Å². The number of rotatable bonds is 6. The highest BCUT2D eigenvalue weighted by Crippen LogP contribution is 2.16. The second-order valence-electron chi connectivity index (χ2n) is 6.33. The van der Waals surface area contributed by atoms with Crippen molar-refractivity contribution >= 4 is 23.2 Å². The average Bonchev–Trinajstić information content (AvgIpc) is 3.30. The molecule has 140 valence electrons. The van der Waals surface area contributed by atoms with Gasteiger partial charge in [0.15, 0.2) is 5.69 Å². The van der Waals surface area contributed by atoms with Crippen molar-refractivity contribution in [2.45, 2.75) is 52.1 Å². The van der Waals surface area contributed by atoms with Crippen LogP contribution in [0.1, 0.15) is 47.7 Å².